The van der Waals surface area contributed by atoms with Gasteiger partial charge in [0, 0.05) is 24.8 Å². The zero-order valence-corrected chi connectivity index (χ0v) is 12.5. The molecule has 1 aromatic rings. The average molecular weight is 248 g/mol. The van der Waals surface area contributed by atoms with Crippen LogP contribution in [0, 0.1) is 11.8 Å². The maximum atomic E-state index is 5.88. The topological polar surface area (TPSA) is 29.3 Å². The summed E-state index contributed by atoms with van der Waals surface area (Å²) in [6.45, 7) is 13.7. The molecule has 2 nitrogen and oxygen atoms in total. The molecule has 0 spiro atoms. The summed E-state index contributed by atoms with van der Waals surface area (Å²) in [5.41, 5.74) is 8.05. The molecule has 1 aromatic carbocycles. The Hall–Kier alpha value is -1.02. The fourth-order valence-electron chi connectivity index (χ4n) is 2.36. The molecule has 0 aliphatic heterocycles. The van der Waals surface area contributed by atoms with Crippen LogP contribution < -0.4 is 5.73 Å². The van der Waals surface area contributed by atoms with Gasteiger partial charge in [0.2, 0.25) is 0 Å². The summed E-state index contributed by atoms with van der Waals surface area (Å²) >= 11 is 0. The van der Waals surface area contributed by atoms with Gasteiger partial charge in [-0.25, -0.2) is 0 Å². The quantitative estimate of drug-likeness (QED) is 0.773. The van der Waals surface area contributed by atoms with Gasteiger partial charge in [0.1, 0.15) is 0 Å². The minimum atomic E-state index is 0.429. The van der Waals surface area contributed by atoms with Crippen molar-refractivity contribution in [2.45, 2.75) is 40.7 Å². The molecule has 2 heteroatoms. The van der Waals surface area contributed by atoms with E-state index in [0.29, 0.717) is 17.9 Å². The third kappa shape index (κ3) is 4.69. The molecule has 1 atom stereocenters. The molecule has 0 heterocycles. The van der Waals surface area contributed by atoms with Crippen molar-refractivity contribution in [1.82, 2.24) is 4.90 Å². The van der Waals surface area contributed by atoms with E-state index in [1.165, 1.54) is 5.56 Å². The number of benzene rings is 1. The van der Waals surface area contributed by atoms with Crippen LogP contribution in [0.5, 0.6) is 0 Å². The summed E-state index contributed by atoms with van der Waals surface area (Å²) in [4.78, 5) is 2.56. The Morgan fingerprint density at radius 3 is 2.00 bits per heavy atom. The minimum absolute atomic E-state index is 0.429. The summed E-state index contributed by atoms with van der Waals surface area (Å²) < 4.78 is 0. The Morgan fingerprint density at radius 2 is 1.56 bits per heavy atom. The van der Waals surface area contributed by atoms with Crippen LogP contribution in [0.2, 0.25) is 0 Å². The van der Waals surface area contributed by atoms with Crippen molar-refractivity contribution in [3.8, 4) is 0 Å². The van der Waals surface area contributed by atoms with E-state index in [1.54, 1.807) is 0 Å². The Bertz CT molecular complexity index is 348. The summed E-state index contributed by atoms with van der Waals surface area (Å²) in [5, 5.41) is 0. The Morgan fingerprint density at radius 1 is 1.00 bits per heavy atom. The monoisotopic (exact) mass is 248 g/mol. The first kappa shape index (κ1) is 15.0. The fourth-order valence-corrected chi connectivity index (χ4v) is 2.36. The highest BCUT2D eigenvalue weighted by molar-refractivity contribution is 5.41. The van der Waals surface area contributed by atoms with Crippen LogP contribution in [-0.2, 0) is 0 Å². The summed E-state index contributed by atoms with van der Waals surface area (Å²) in [5.74, 6) is 1.37. The lowest BCUT2D eigenvalue weighted by Gasteiger charge is -2.32. The number of hydrogen-bond acceptors (Lipinski definition) is 2. The molecule has 0 saturated heterocycles. The third-order valence-electron chi connectivity index (χ3n) is 3.14. The number of nitrogens with two attached hydrogens (primary N) is 1. The first-order valence-corrected chi connectivity index (χ1v) is 6.99. The lowest BCUT2D eigenvalue weighted by Crippen LogP contribution is -2.33. The lowest BCUT2D eigenvalue weighted by atomic mass is 10.0. The Balaban J connectivity index is 2.83. The molecular weight excluding hydrogens is 220 g/mol. The molecule has 102 valence electrons. The van der Waals surface area contributed by atoms with Crippen LogP contribution in [0.25, 0.3) is 0 Å². The molecule has 0 aromatic heterocycles. The van der Waals surface area contributed by atoms with Crippen molar-refractivity contribution in [2.24, 2.45) is 11.8 Å². The highest BCUT2D eigenvalue weighted by Gasteiger charge is 2.17. The SMILES string of the molecule is CC(C)CN(CC(C)C)C(C)c1cccc(N)c1. The molecule has 0 saturated carbocycles. The van der Waals surface area contributed by atoms with Gasteiger partial charge in [-0.1, -0.05) is 39.8 Å². The van der Waals surface area contributed by atoms with Gasteiger partial charge >= 0.3 is 0 Å². The standard InChI is InChI=1S/C16H28N2/c1-12(2)10-18(11-13(3)4)14(5)15-7-6-8-16(17)9-15/h6-9,12-14H,10-11,17H2,1-5H3. The summed E-state index contributed by atoms with van der Waals surface area (Å²) in [6, 6.07) is 8.70. The van der Waals surface area contributed by atoms with Crippen molar-refractivity contribution < 1.29 is 0 Å². The van der Waals surface area contributed by atoms with Crippen LogP contribution in [-0.4, -0.2) is 18.0 Å². The predicted molar refractivity (Wildman–Crippen MR) is 80.5 cm³/mol. The van der Waals surface area contributed by atoms with Gasteiger partial charge in [-0.15, -0.1) is 0 Å². The van der Waals surface area contributed by atoms with Gasteiger partial charge in [-0.05, 0) is 36.5 Å². The number of nitrogen functional groups attached to an aromatic ring is 1. The van der Waals surface area contributed by atoms with Crippen LogP contribution in [0.4, 0.5) is 5.69 Å². The Labute approximate surface area is 112 Å². The third-order valence-corrected chi connectivity index (χ3v) is 3.14. The van der Waals surface area contributed by atoms with E-state index in [9.17, 15) is 0 Å². The van der Waals surface area contributed by atoms with Crippen LogP contribution in [0.3, 0.4) is 0 Å². The second-order valence-corrected chi connectivity index (χ2v) is 6.09. The average Bonchev–Trinajstić information content (AvgIpc) is 2.26. The normalized spacial score (nSPS) is 13.6. The van der Waals surface area contributed by atoms with Crippen LogP contribution in [0.1, 0.15) is 46.2 Å². The molecule has 0 radical (unpaired) electrons. The van der Waals surface area contributed by atoms with E-state index in [2.05, 4.69) is 51.7 Å². The van der Waals surface area contributed by atoms with Crippen molar-refractivity contribution >= 4 is 5.69 Å². The number of rotatable bonds is 6. The maximum Gasteiger partial charge on any atom is 0.0320 e. The van der Waals surface area contributed by atoms with E-state index in [-0.39, 0.29) is 0 Å². The Kier molecular flexibility index (Phi) is 5.67. The maximum absolute atomic E-state index is 5.88. The van der Waals surface area contributed by atoms with E-state index >= 15 is 0 Å². The van der Waals surface area contributed by atoms with Gasteiger partial charge < -0.3 is 5.73 Å². The molecule has 1 unspecified atom stereocenters. The molecule has 0 aliphatic rings. The van der Waals surface area contributed by atoms with Crippen molar-refractivity contribution in [2.75, 3.05) is 18.8 Å². The molecule has 1 rings (SSSR count). The molecular formula is C16H28N2. The number of hydrogen-bond donors (Lipinski definition) is 1. The largest absolute Gasteiger partial charge is 0.399 e. The summed E-state index contributed by atoms with van der Waals surface area (Å²) in [7, 11) is 0. The van der Waals surface area contributed by atoms with Gasteiger partial charge in [-0.3, -0.25) is 4.90 Å². The van der Waals surface area contributed by atoms with Gasteiger partial charge in [-0.2, -0.15) is 0 Å². The lowest BCUT2D eigenvalue weighted by molar-refractivity contribution is 0.167. The van der Waals surface area contributed by atoms with Crippen molar-refractivity contribution in [3.63, 3.8) is 0 Å². The molecule has 0 fully saturated rings. The zero-order valence-electron chi connectivity index (χ0n) is 12.5. The van der Waals surface area contributed by atoms with E-state index in [4.69, 9.17) is 5.73 Å². The van der Waals surface area contributed by atoms with E-state index in [1.807, 2.05) is 12.1 Å². The van der Waals surface area contributed by atoms with Crippen molar-refractivity contribution in [1.29, 1.82) is 0 Å². The predicted octanol–water partition coefficient (Wildman–Crippen LogP) is 3.94. The first-order chi connectivity index (χ1) is 8.40. The second kappa shape index (κ2) is 6.79. The molecule has 2 N–H and O–H groups in total. The van der Waals surface area contributed by atoms with E-state index < -0.39 is 0 Å². The number of anilines is 1. The van der Waals surface area contributed by atoms with Crippen LogP contribution >= 0.6 is 0 Å². The molecule has 18 heavy (non-hydrogen) atoms. The van der Waals surface area contributed by atoms with Gasteiger partial charge in [0.15, 0.2) is 0 Å². The molecule has 0 aliphatic carbocycles. The second-order valence-electron chi connectivity index (χ2n) is 6.09. The fraction of sp³-hybridized carbons (Fsp3) is 0.625. The molecule has 0 bridgehead atoms. The number of nitrogens with zero attached hydrogens (tertiary/aromatic N) is 1. The smallest absolute Gasteiger partial charge is 0.0320 e. The minimum Gasteiger partial charge on any atom is -0.399 e. The summed E-state index contributed by atoms with van der Waals surface area (Å²) in [6.07, 6.45) is 0. The first-order valence-electron chi connectivity index (χ1n) is 6.99. The van der Waals surface area contributed by atoms with Crippen molar-refractivity contribution in [3.05, 3.63) is 29.8 Å². The molecule has 0 amide bonds. The highest BCUT2D eigenvalue weighted by Crippen LogP contribution is 2.23. The zero-order chi connectivity index (χ0) is 13.7. The van der Waals surface area contributed by atoms with E-state index in [0.717, 1.165) is 18.8 Å². The van der Waals surface area contributed by atoms with Crippen LogP contribution in [0.15, 0.2) is 24.3 Å². The van der Waals surface area contributed by atoms with Gasteiger partial charge in [0.05, 0.1) is 0 Å². The highest BCUT2D eigenvalue weighted by atomic mass is 15.2. The van der Waals surface area contributed by atoms with Gasteiger partial charge in [0.25, 0.3) is 0 Å².